The van der Waals surface area contributed by atoms with Crippen LogP contribution in [0.3, 0.4) is 0 Å². The van der Waals surface area contributed by atoms with E-state index in [1.165, 1.54) is 24.0 Å². The molecule has 3 aromatic rings. The molecule has 1 aromatic carbocycles. The van der Waals surface area contributed by atoms with Crippen molar-refractivity contribution >= 4 is 28.4 Å². The number of nitrogens with zero attached hydrogens (tertiary/aromatic N) is 5. The number of hydrogen-bond acceptors (Lipinski definition) is 6. The summed E-state index contributed by atoms with van der Waals surface area (Å²) in [6, 6.07) is 3.60. The third kappa shape index (κ3) is 4.23. The number of aromatic nitrogens is 4. The minimum atomic E-state index is -4.73. The fraction of sp³-hybridized carbons (Fsp3) is 0.400. The van der Waals surface area contributed by atoms with Crippen LogP contribution in [0.5, 0.6) is 0 Å². The van der Waals surface area contributed by atoms with Gasteiger partial charge in [-0.1, -0.05) is 0 Å². The van der Waals surface area contributed by atoms with Gasteiger partial charge in [-0.3, -0.25) is 14.2 Å². The molecular formula is C20H21F3N6O4. The van der Waals surface area contributed by atoms with Crippen molar-refractivity contribution in [3.63, 3.8) is 0 Å². The molecule has 10 nitrogen and oxygen atoms in total. The number of anilines is 2. The lowest BCUT2D eigenvalue weighted by Gasteiger charge is -2.29. The van der Waals surface area contributed by atoms with E-state index >= 15 is 0 Å². The van der Waals surface area contributed by atoms with E-state index in [1.807, 2.05) is 0 Å². The van der Waals surface area contributed by atoms with Gasteiger partial charge in [0, 0.05) is 32.9 Å². The normalized spacial score (nSPS) is 14.6. The number of benzene rings is 1. The first-order valence-electron chi connectivity index (χ1n) is 10.0. The van der Waals surface area contributed by atoms with E-state index in [4.69, 9.17) is 4.74 Å². The van der Waals surface area contributed by atoms with Gasteiger partial charge in [0.05, 0.1) is 30.8 Å². The Balaban J connectivity index is 1.64. The SMILES string of the molecule is Cn1cnc2c1c(=O)n(CC(=O)Nc1ccc(N3CCOCC3)cc1C(F)(F)F)c(=O)n2C. The predicted molar refractivity (Wildman–Crippen MR) is 113 cm³/mol. The number of ether oxygens (including phenoxy) is 1. The van der Waals surface area contributed by atoms with E-state index in [9.17, 15) is 27.6 Å². The molecule has 33 heavy (non-hydrogen) atoms. The summed E-state index contributed by atoms with van der Waals surface area (Å²) in [7, 11) is 2.94. The van der Waals surface area contributed by atoms with Gasteiger partial charge in [0.1, 0.15) is 6.54 Å². The van der Waals surface area contributed by atoms with Gasteiger partial charge in [0.25, 0.3) is 5.56 Å². The van der Waals surface area contributed by atoms with E-state index in [-0.39, 0.29) is 11.2 Å². The number of imidazole rings is 1. The molecule has 1 amide bonds. The van der Waals surface area contributed by atoms with Gasteiger partial charge in [-0.15, -0.1) is 0 Å². The minimum Gasteiger partial charge on any atom is -0.378 e. The lowest BCUT2D eigenvalue weighted by molar-refractivity contribution is -0.136. The Kier molecular flexibility index (Phi) is 5.74. The number of carbonyl (C=O) groups is 1. The Morgan fingerprint density at radius 1 is 1.18 bits per heavy atom. The maximum atomic E-state index is 13.7. The second-order valence-electron chi connectivity index (χ2n) is 7.64. The van der Waals surface area contributed by atoms with Crippen LogP contribution in [0.25, 0.3) is 11.2 Å². The Morgan fingerprint density at radius 2 is 1.88 bits per heavy atom. The molecule has 1 saturated heterocycles. The molecule has 1 N–H and O–H groups in total. The largest absolute Gasteiger partial charge is 0.418 e. The van der Waals surface area contributed by atoms with Crippen LogP contribution in [0.2, 0.25) is 0 Å². The fourth-order valence-corrected chi connectivity index (χ4v) is 3.76. The van der Waals surface area contributed by atoms with E-state index < -0.39 is 41.1 Å². The van der Waals surface area contributed by atoms with Gasteiger partial charge in [-0.25, -0.2) is 14.3 Å². The zero-order valence-electron chi connectivity index (χ0n) is 17.8. The van der Waals surface area contributed by atoms with E-state index in [0.717, 1.165) is 16.7 Å². The topological polar surface area (TPSA) is 103 Å². The summed E-state index contributed by atoms with van der Waals surface area (Å²) < 4.78 is 49.6. The molecule has 176 valence electrons. The number of morpholine rings is 1. The van der Waals surface area contributed by atoms with Gasteiger partial charge < -0.3 is 19.5 Å². The second kappa shape index (κ2) is 8.39. The summed E-state index contributed by atoms with van der Waals surface area (Å²) in [5.41, 5.74) is -2.46. The molecule has 0 aliphatic carbocycles. The number of hydrogen-bond donors (Lipinski definition) is 1. The molecule has 0 atom stereocenters. The quantitative estimate of drug-likeness (QED) is 0.614. The highest BCUT2D eigenvalue weighted by molar-refractivity contribution is 5.92. The van der Waals surface area contributed by atoms with Gasteiger partial charge in [0.2, 0.25) is 5.91 Å². The van der Waals surface area contributed by atoms with Crippen molar-refractivity contribution in [2.45, 2.75) is 12.7 Å². The highest BCUT2D eigenvalue weighted by Gasteiger charge is 2.35. The number of amides is 1. The Bertz CT molecular complexity index is 1330. The molecular weight excluding hydrogens is 445 g/mol. The number of nitrogens with one attached hydrogen (secondary N) is 1. The van der Waals surface area contributed by atoms with Crippen molar-refractivity contribution in [2.75, 3.05) is 36.5 Å². The predicted octanol–water partition coefficient (Wildman–Crippen LogP) is 0.928. The Labute approximate surface area is 184 Å². The summed E-state index contributed by atoms with van der Waals surface area (Å²) in [5.74, 6) is -0.944. The zero-order valence-corrected chi connectivity index (χ0v) is 17.8. The van der Waals surface area contributed by atoms with Crippen molar-refractivity contribution in [3.8, 4) is 0 Å². The highest BCUT2D eigenvalue weighted by atomic mass is 19.4. The molecule has 0 radical (unpaired) electrons. The lowest BCUT2D eigenvalue weighted by atomic mass is 10.1. The first-order valence-corrected chi connectivity index (χ1v) is 10.0. The van der Waals surface area contributed by atoms with Crippen LogP contribution in [-0.4, -0.2) is 50.9 Å². The van der Waals surface area contributed by atoms with Crippen LogP contribution in [0, 0.1) is 0 Å². The van der Waals surface area contributed by atoms with Crippen LogP contribution in [-0.2, 0) is 36.3 Å². The molecule has 1 aliphatic heterocycles. The lowest BCUT2D eigenvalue weighted by Crippen LogP contribution is -2.42. The third-order valence-electron chi connectivity index (χ3n) is 5.46. The molecule has 3 heterocycles. The standard InChI is InChI=1S/C20H21F3N6O4/c1-26-11-24-17-16(26)18(31)29(19(32)27(17)2)10-15(30)25-14-4-3-12(9-13(14)20(21,22)23)28-5-7-33-8-6-28/h3-4,9,11H,5-8,10H2,1-2H3,(H,25,30). The number of carbonyl (C=O) groups excluding carboxylic acids is 1. The molecule has 0 bridgehead atoms. The Morgan fingerprint density at radius 3 is 2.55 bits per heavy atom. The highest BCUT2D eigenvalue weighted by Crippen LogP contribution is 2.37. The fourth-order valence-electron chi connectivity index (χ4n) is 3.76. The summed E-state index contributed by atoms with van der Waals surface area (Å²) in [6.07, 6.45) is -3.38. The van der Waals surface area contributed by atoms with Crippen LogP contribution in [0.4, 0.5) is 24.5 Å². The number of fused-ring (bicyclic) bond motifs is 1. The molecule has 1 aliphatic rings. The average molecular weight is 466 g/mol. The molecule has 13 heteroatoms. The minimum absolute atomic E-state index is 0.0933. The van der Waals surface area contributed by atoms with E-state index in [0.29, 0.717) is 36.6 Å². The van der Waals surface area contributed by atoms with Crippen molar-refractivity contribution in [2.24, 2.45) is 14.1 Å². The first kappa shape index (κ1) is 22.6. The monoisotopic (exact) mass is 466 g/mol. The third-order valence-corrected chi connectivity index (χ3v) is 5.46. The van der Waals surface area contributed by atoms with Crippen LogP contribution in [0.15, 0.2) is 34.1 Å². The number of alkyl halides is 3. The molecule has 4 rings (SSSR count). The van der Waals surface area contributed by atoms with Crippen molar-refractivity contribution < 1.29 is 22.7 Å². The Hall–Kier alpha value is -3.61. The summed E-state index contributed by atoms with van der Waals surface area (Å²) in [5, 5.41) is 2.19. The molecule has 2 aromatic heterocycles. The molecule has 0 saturated carbocycles. The number of halogens is 3. The molecule has 0 unspecified atom stereocenters. The van der Waals surface area contributed by atoms with Crippen molar-refractivity contribution in [1.29, 1.82) is 0 Å². The smallest absolute Gasteiger partial charge is 0.378 e. The molecule has 0 spiro atoms. The van der Waals surface area contributed by atoms with Crippen LogP contribution < -0.4 is 21.5 Å². The summed E-state index contributed by atoms with van der Waals surface area (Å²) >= 11 is 0. The zero-order chi connectivity index (χ0) is 23.9. The van der Waals surface area contributed by atoms with Crippen LogP contribution >= 0.6 is 0 Å². The number of aryl methyl sites for hydroxylation is 2. The van der Waals surface area contributed by atoms with Gasteiger partial charge in [0.15, 0.2) is 11.2 Å². The van der Waals surface area contributed by atoms with E-state index in [2.05, 4.69) is 10.3 Å². The second-order valence-corrected chi connectivity index (χ2v) is 7.64. The van der Waals surface area contributed by atoms with E-state index in [1.54, 1.807) is 11.9 Å². The van der Waals surface area contributed by atoms with Crippen molar-refractivity contribution in [3.05, 3.63) is 50.9 Å². The summed E-state index contributed by atoms with van der Waals surface area (Å²) in [6.45, 7) is 0.960. The maximum Gasteiger partial charge on any atom is 0.418 e. The van der Waals surface area contributed by atoms with Gasteiger partial charge >= 0.3 is 11.9 Å². The van der Waals surface area contributed by atoms with Crippen LogP contribution in [0.1, 0.15) is 5.56 Å². The average Bonchev–Trinajstić information content (AvgIpc) is 3.17. The maximum absolute atomic E-state index is 13.7. The number of rotatable bonds is 4. The molecule has 1 fully saturated rings. The van der Waals surface area contributed by atoms with Gasteiger partial charge in [-0.2, -0.15) is 13.2 Å². The van der Waals surface area contributed by atoms with Gasteiger partial charge in [-0.05, 0) is 18.2 Å². The first-order chi connectivity index (χ1) is 15.6. The summed E-state index contributed by atoms with van der Waals surface area (Å²) in [4.78, 5) is 43.6. The van der Waals surface area contributed by atoms with Crippen molar-refractivity contribution in [1.82, 2.24) is 18.7 Å².